The second-order valence-corrected chi connectivity index (χ2v) is 9.50. The highest BCUT2D eigenvalue weighted by atomic mass is 16.5. The topological polar surface area (TPSA) is 105 Å². The molecule has 34 heavy (non-hydrogen) atoms. The summed E-state index contributed by atoms with van der Waals surface area (Å²) in [5.41, 5.74) is 4.02. The molecule has 2 atom stereocenters. The van der Waals surface area contributed by atoms with Gasteiger partial charge < -0.3 is 20.5 Å². The molecule has 1 fully saturated rings. The van der Waals surface area contributed by atoms with Crippen LogP contribution in [0.2, 0.25) is 0 Å². The van der Waals surface area contributed by atoms with E-state index in [1.54, 1.807) is 12.2 Å². The van der Waals surface area contributed by atoms with E-state index in [2.05, 4.69) is 34.9 Å². The van der Waals surface area contributed by atoms with Crippen molar-refractivity contribution >= 4 is 18.0 Å². The van der Waals surface area contributed by atoms with Crippen LogP contribution in [0.25, 0.3) is 11.1 Å². The molecule has 3 N–H and O–H groups in total. The van der Waals surface area contributed by atoms with Crippen molar-refractivity contribution in [1.82, 2.24) is 10.6 Å². The first kappa shape index (κ1) is 22.2. The van der Waals surface area contributed by atoms with Crippen molar-refractivity contribution in [2.45, 2.75) is 49.6 Å². The van der Waals surface area contributed by atoms with Crippen molar-refractivity contribution in [3.05, 3.63) is 71.8 Å². The number of hydrogen-bond donors (Lipinski definition) is 3. The Morgan fingerprint density at radius 1 is 0.971 bits per heavy atom. The van der Waals surface area contributed by atoms with Crippen molar-refractivity contribution < 1.29 is 24.2 Å². The lowest BCUT2D eigenvalue weighted by molar-refractivity contribution is -0.140. The number of amides is 2. The van der Waals surface area contributed by atoms with E-state index in [4.69, 9.17) is 9.84 Å². The third-order valence-corrected chi connectivity index (χ3v) is 7.26. The summed E-state index contributed by atoms with van der Waals surface area (Å²) in [5.74, 6) is -1.50. The number of nitrogens with one attached hydrogen (secondary N) is 2. The Hall–Kier alpha value is -3.61. The summed E-state index contributed by atoms with van der Waals surface area (Å²) in [4.78, 5) is 36.4. The largest absolute Gasteiger partial charge is 0.481 e. The van der Waals surface area contributed by atoms with Gasteiger partial charge in [-0.25, -0.2) is 4.79 Å². The van der Waals surface area contributed by atoms with Crippen LogP contribution in [0.5, 0.6) is 0 Å². The molecule has 1 saturated carbocycles. The Kier molecular flexibility index (Phi) is 5.86. The van der Waals surface area contributed by atoms with Gasteiger partial charge in [-0.15, -0.1) is 0 Å². The van der Waals surface area contributed by atoms with Crippen LogP contribution >= 0.6 is 0 Å². The lowest BCUT2D eigenvalue weighted by Gasteiger charge is -2.42. The number of carboxylic acid groups (broad SMARTS) is 1. The molecule has 176 valence electrons. The van der Waals surface area contributed by atoms with Crippen LogP contribution in [-0.4, -0.2) is 41.3 Å². The standard InChI is InChI=1S/C27H28N2O5/c30-24(31)15-27(12-5-13-27)29-25(32)17-10-11-18(14-17)28-26(33)34-16-23-21-8-3-1-6-19(21)20-7-2-4-9-22(20)23/h1-4,6-11,17-18,23H,5,12-16H2,(H,28,33)(H,29,32)(H,30,31). The number of ether oxygens (including phenoxy) is 1. The second-order valence-electron chi connectivity index (χ2n) is 9.50. The third-order valence-electron chi connectivity index (χ3n) is 7.26. The fourth-order valence-corrected chi connectivity index (χ4v) is 5.38. The summed E-state index contributed by atoms with van der Waals surface area (Å²) in [6.07, 6.45) is 5.72. The van der Waals surface area contributed by atoms with Gasteiger partial charge in [0.25, 0.3) is 0 Å². The molecule has 3 aliphatic rings. The van der Waals surface area contributed by atoms with Crippen molar-refractivity contribution in [3.63, 3.8) is 0 Å². The maximum absolute atomic E-state index is 12.7. The van der Waals surface area contributed by atoms with E-state index >= 15 is 0 Å². The van der Waals surface area contributed by atoms with Crippen molar-refractivity contribution in [1.29, 1.82) is 0 Å². The van der Waals surface area contributed by atoms with E-state index in [1.807, 2.05) is 24.3 Å². The molecular formula is C27H28N2O5. The van der Waals surface area contributed by atoms with Crippen LogP contribution in [0, 0.1) is 5.92 Å². The lowest BCUT2D eigenvalue weighted by atomic mass is 9.74. The van der Waals surface area contributed by atoms with Crippen LogP contribution in [0.15, 0.2) is 60.7 Å². The van der Waals surface area contributed by atoms with Gasteiger partial charge in [0.2, 0.25) is 5.91 Å². The third kappa shape index (κ3) is 4.30. The highest BCUT2D eigenvalue weighted by molar-refractivity contribution is 5.83. The minimum absolute atomic E-state index is 0.0105. The monoisotopic (exact) mass is 460 g/mol. The fraction of sp³-hybridized carbons (Fsp3) is 0.370. The number of rotatable bonds is 7. The Balaban J connectivity index is 1.14. The molecule has 7 heteroatoms. The van der Waals surface area contributed by atoms with E-state index in [0.717, 1.165) is 17.5 Å². The summed E-state index contributed by atoms with van der Waals surface area (Å²) in [6.45, 7) is 0.234. The molecule has 0 aliphatic heterocycles. The van der Waals surface area contributed by atoms with Gasteiger partial charge in [0.05, 0.1) is 23.9 Å². The molecule has 0 heterocycles. The normalized spacial score (nSPS) is 21.8. The van der Waals surface area contributed by atoms with E-state index < -0.39 is 23.5 Å². The Morgan fingerprint density at radius 3 is 2.21 bits per heavy atom. The van der Waals surface area contributed by atoms with Gasteiger partial charge in [-0.2, -0.15) is 0 Å². The fourth-order valence-electron chi connectivity index (χ4n) is 5.38. The average Bonchev–Trinajstić information content (AvgIpc) is 3.39. The zero-order chi connectivity index (χ0) is 23.7. The molecule has 0 saturated heterocycles. The first-order valence-electron chi connectivity index (χ1n) is 11.8. The highest BCUT2D eigenvalue weighted by Gasteiger charge is 2.42. The molecule has 5 rings (SSSR count). The van der Waals surface area contributed by atoms with Crippen LogP contribution in [0.4, 0.5) is 4.79 Å². The van der Waals surface area contributed by atoms with Gasteiger partial charge in [0.1, 0.15) is 6.61 Å². The maximum Gasteiger partial charge on any atom is 0.407 e. The van der Waals surface area contributed by atoms with Gasteiger partial charge in [-0.05, 0) is 47.9 Å². The SMILES string of the molecule is O=C(O)CC1(NC(=O)C2C=CC(NC(=O)OCC3c4ccccc4-c4ccccc43)C2)CCC1. The Labute approximate surface area is 198 Å². The number of benzene rings is 2. The summed E-state index contributed by atoms with van der Waals surface area (Å²) < 4.78 is 5.60. The zero-order valence-corrected chi connectivity index (χ0v) is 18.8. The second kappa shape index (κ2) is 8.97. The van der Waals surface area contributed by atoms with E-state index in [0.29, 0.717) is 19.3 Å². The molecule has 2 aromatic rings. The van der Waals surface area contributed by atoms with Gasteiger partial charge in [-0.1, -0.05) is 60.7 Å². The minimum atomic E-state index is -0.906. The number of carbonyl (C=O) groups excluding carboxylic acids is 2. The molecule has 2 amide bonds. The van der Waals surface area contributed by atoms with E-state index in [-0.39, 0.29) is 30.9 Å². The molecule has 2 aromatic carbocycles. The van der Waals surface area contributed by atoms with Crippen molar-refractivity contribution in [2.75, 3.05) is 6.61 Å². The predicted molar refractivity (Wildman–Crippen MR) is 126 cm³/mol. The number of carbonyl (C=O) groups is 3. The van der Waals surface area contributed by atoms with Gasteiger partial charge in [0, 0.05) is 5.92 Å². The lowest BCUT2D eigenvalue weighted by Crippen LogP contribution is -2.56. The quantitative estimate of drug-likeness (QED) is 0.542. The smallest absolute Gasteiger partial charge is 0.407 e. The molecule has 2 unspecified atom stereocenters. The molecular weight excluding hydrogens is 432 g/mol. The Morgan fingerprint density at radius 2 is 1.62 bits per heavy atom. The number of aliphatic carboxylic acids is 1. The summed E-state index contributed by atoms with van der Waals surface area (Å²) in [7, 11) is 0. The number of carboxylic acids is 1. The zero-order valence-electron chi connectivity index (χ0n) is 18.8. The number of alkyl carbamates (subject to hydrolysis) is 1. The maximum atomic E-state index is 12.7. The average molecular weight is 461 g/mol. The van der Waals surface area contributed by atoms with E-state index in [9.17, 15) is 14.4 Å². The van der Waals surface area contributed by atoms with Crippen LogP contribution in [0.3, 0.4) is 0 Å². The van der Waals surface area contributed by atoms with Crippen LogP contribution < -0.4 is 10.6 Å². The van der Waals surface area contributed by atoms with Gasteiger partial charge in [0.15, 0.2) is 0 Å². The number of fused-ring (bicyclic) bond motifs is 3. The molecule has 0 spiro atoms. The molecule has 0 radical (unpaired) electrons. The van der Waals surface area contributed by atoms with Crippen molar-refractivity contribution in [3.8, 4) is 11.1 Å². The van der Waals surface area contributed by atoms with E-state index in [1.165, 1.54) is 11.1 Å². The molecule has 0 bridgehead atoms. The van der Waals surface area contributed by atoms with Gasteiger partial charge >= 0.3 is 12.1 Å². The predicted octanol–water partition coefficient (Wildman–Crippen LogP) is 3.98. The molecule has 3 aliphatic carbocycles. The number of hydrogen-bond acceptors (Lipinski definition) is 4. The van der Waals surface area contributed by atoms with Crippen LogP contribution in [0.1, 0.15) is 49.1 Å². The van der Waals surface area contributed by atoms with Gasteiger partial charge in [-0.3, -0.25) is 9.59 Å². The van der Waals surface area contributed by atoms with Crippen LogP contribution in [-0.2, 0) is 14.3 Å². The summed E-state index contributed by atoms with van der Waals surface area (Å²) in [6, 6.07) is 16.0. The summed E-state index contributed by atoms with van der Waals surface area (Å²) in [5, 5.41) is 14.9. The highest BCUT2D eigenvalue weighted by Crippen LogP contribution is 2.44. The molecule has 0 aromatic heterocycles. The first-order valence-corrected chi connectivity index (χ1v) is 11.8. The minimum Gasteiger partial charge on any atom is -0.481 e. The van der Waals surface area contributed by atoms with Crippen molar-refractivity contribution in [2.24, 2.45) is 5.92 Å². The first-order chi connectivity index (χ1) is 16.4. The molecule has 7 nitrogen and oxygen atoms in total. The Bertz CT molecular complexity index is 1110. The summed E-state index contributed by atoms with van der Waals surface area (Å²) >= 11 is 0.